The molecule has 0 radical (unpaired) electrons. The summed E-state index contributed by atoms with van der Waals surface area (Å²) in [7, 11) is 0. The molecule has 1 heterocycles. The summed E-state index contributed by atoms with van der Waals surface area (Å²) in [5.41, 5.74) is 1.39. The molecule has 1 aromatic carbocycles. The molecule has 17 heavy (non-hydrogen) atoms. The molecule has 1 saturated heterocycles. The highest BCUT2D eigenvalue weighted by Gasteiger charge is 2.25. The molecule has 1 aliphatic rings. The van der Waals surface area contributed by atoms with E-state index in [4.69, 9.17) is 0 Å². The normalized spacial score (nSPS) is 19.6. The van der Waals surface area contributed by atoms with E-state index >= 15 is 0 Å². The molecule has 1 fully saturated rings. The molecule has 1 amide bonds. The number of hydrogen-bond donors (Lipinski definition) is 1. The second-order valence-corrected chi connectivity index (χ2v) is 4.82. The van der Waals surface area contributed by atoms with Crippen molar-refractivity contribution in [3.8, 4) is 5.75 Å². The minimum absolute atomic E-state index is 0.0382. The molecule has 3 heteroatoms. The zero-order chi connectivity index (χ0) is 12.4. The van der Waals surface area contributed by atoms with Crippen molar-refractivity contribution in [3.63, 3.8) is 0 Å². The lowest BCUT2D eigenvalue weighted by Gasteiger charge is -2.16. The van der Waals surface area contributed by atoms with Gasteiger partial charge in [-0.25, -0.2) is 0 Å². The Morgan fingerprint density at radius 2 is 2.29 bits per heavy atom. The van der Waals surface area contributed by atoms with Crippen LogP contribution in [-0.4, -0.2) is 29.0 Å². The van der Waals surface area contributed by atoms with Crippen LogP contribution in [0.5, 0.6) is 5.75 Å². The number of aromatic hydroxyl groups is 1. The molecule has 3 nitrogen and oxygen atoms in total. The number of hydrogen-bond acceptors (Lipinski definition) is 2. The van der Waals surface area contributed by atoms with Gasteiger partial charge in [-0.2, -0.15) is 0 Å². The first-order valence-corrected chi connectivity index (χ1v) is 6.20. The van der Waals surface area contributed by atoms with Crippen LogP contribution in [0.2, 0.25) is 0 Å². The Morgan fingerprint density at radius 1 is 1.53 bits per heavy atom. The largest absolute Gasteiger partial charge is 0.508 e. The van der Waals surface area contributed by atoms with Crippen LogP contribution in [-0.2, 0) is 0 Å². The first-order valence-electron chi connectivity index (χ1n) is 6.20. The third kappa shape index (κ3) is 2.43. The van der Waals surface area contributed by atoms with Crippen LogP contribution in [0.3, 0.4) is 0 Å². The molecule has 0 aliphatic carbocycles. The van der Waals surface area contributed by atoms with Gasteiger partial charge in [0.2, 0.25) is 0 Å². The van der Waals surface area contributed by atoms with Crippen molar-refractivity contribution in [1.29, 1.82) is 0 Å². The molecule has 1 aromatic rings. The number of phenols is 1. The number of benzene rings is 1. The molecule has 1 atom stereocenters. The van der Waals surface area contributed by atoms with Crippen LogP contribution < -0.4 is 0 Å². The molecule has 2 rings (SSSR count). The maximum Gasteiger partial charge on any atom is 0.253 e. The molecule has 0 bridgehead atoms. The summed E-state index contributed by atoms with van der Waals surface area (Å²) in [6, 6.07) is 5.14. The maximum atomic E-state index is 12.2. The second-order valence-electron chi connectivity index (χ2n) is 4.82. The summed E-state index contributed by atoms with van der Waals surface area (Å²) in [5, 5.41) is 9.62. The van der Waals surface area contributed by atoms with E-state index < -0.39 is 0 Å². The Balaban J connectivity index is 2.12. The Morgan fingerprint density at radius 3 is 2.88 bits per heavy atom. The minimum Gasteiger partial charge on any atom is -0.508 e. The van der Waals surface area contributed by atoms with E-state index in [1.54, 1.807) is 18.2 Å². The van der Waals surface area contributed by atoms with Gasteiger partial charge in [0.1, 0.15) is 5.75 Å². The number of aryl methyl sites for hydroxylation is 1. The Hall–Kier alpha value is -1.51. The SMILES string of the molecule is CCC1CCN(C(=O)c2ccc(C)c(O)c2)C1. The van der Waals surface area contributed by atoms with Gasteiger partial charge in [-0.3, -0.25) is 4.79 Å². The zero-order valence-corrected chi connectivity index (χ0v) is 10.4. The number of phenolic OH excluding ortho intramolecular Hbond substituents is 1. The van der Waals surface area contributed by atoms with Gasteiger partial charge in [0.05, 0.1) is 0 Å². The summed E-state index contributed by atoms with van der Waals surface area (Å²) in [6.07, 6.45) is 2.23. The van der Waals surface area contributed by atoms with E-state index in [2.05, 4.69) is 6.92 Å². The van der Waals surface area contributed by atoms with Gasteiger partial charge in [-0.1, -0.05) is 19.4 Å². The third-order valence-corrected chi connectivity index (χ3v) is 3.61. The summed E-state index contributed by atoms with van der Waals surface area (Å²) in [5.74, 6) is 0.872. The van der Waals surface area contributed by atoms with Gasteiger partial charge < -0.3 is 10.0 Å². The standard InChI is InChI=1S/C14H19NO2/c1-3-11-6-7-15(9-11)14(17)12-5-4-10(2)13(16)8-12/h4-5,8,11,16H,3,6-7,9H2,1-2H3. The fourth-order valence-electron chi connectivity index (χ4n) is 2.28. The van der Waals surface area contributed by atoms with Gasteiger partial charge in [-0.05, 0) is 37.0 Å². The van der Waals surface area contributed by atoms with Crippen molar-refractivity contribution in [1.82, 2.24) is 4.90 Å². The van der Waals surface area contributed by atoms with Crippen molar-refractivity contribution in [2.75, 3.05) is 13.1 Å². The van der Waals surface area contributed by atoms with Crippen molar-refractivity contribution >= 4 is 5.91 Å². The Labute approximate surface area is 102 Å². The number of likely N-dealkylation sites (tertiary alicyclic amines) is 1. The lowest BCUT2D eigenvalue weighted by Crippen LogP contribution is -2.28. The average Bonchev–Trinajstić information content (AvgIpc) is 2.80. The summed E-state index contributed by atoms with van der Waals surface area (Å²) < 4.78 is 0. The van der Waals surface area contributed by atoms with Gasteiger partial charge >= 0.3 is 0 Å². The van der Waals surface area contributed by atoms with E-state index in [0.717, 1.165) is 31.5 Å². The van der Waals surface area contributed by atoms with Crippen LogP contribution >= 0.6 is 0 Å². The second kappa shape index (κ2) is 4.78. The molecule has 1 aliphatic heterocycles. The Bertz CT molecular complexity index is 428. The van der Waals surface area contributed by atoms with E-state index in [1.807, 2.05) is 11.8 Å². The number of nitrogens with zero attached hydrogens (tertiary/aromatic N) is 1. The molecule has 1 N–H and O–H groups in total. The average molecular weight is 233 g/mol. The summed E-state index contributed by atoms with van der Waals surface area (Å²) in [6.45, 7) is 5.68. The van der Waals surface area contributed by atoms with E-state index in [-0.39, 0.29) is 11.7 Å². The molecule has 0 spiro atoms. The maximum absolute atomic E-state index is 12.2. The monoisotopic (exact) mass is 233 g/mol. The topological polar surface area (TPSA) is 40.5 Å². The predicted molar refractivity (Wildman–Crippen MR) is 67.1 cm³/mol. The van der Waals surface area contributed by atoms with E-state index in [1.165, 1.54) is 0 Å². The third-order valence-electron chi connectivity index (χ3n) is 3.61. The number of carbonyl (C=O) groups excluding carboxylic acids is 1. The molecular weight excluding hydrogens is 214 g/mol. The highest BCUT2D eigenvalue weighted by atomic mass is 16.3. The summed E-state index contributed by atoms with van der Waals surface area (Å²) >= 11 is 0. The zero-order valence-electron chi connectivity index (χ0n) is 10.4. The summed E-state index contributed by atoms with van der Waals surface area (Å²) in [4.78, 5) is 14.1. The van der Waals surface area contributed by atoms with E-state index in [9.17, 15) is 9.90 Å². The van der Waals surface area contributed by atoms with Gasteiger partial charge in [0.25, 0.3) is 5.91 Å². The predicted octanol–water partition coefficient (Wildman–Crippen LogP) is 2.57. The quantitative estimate of drug-likeness (QED) is 0.853. The number of rotatable bonds is 2. The number of amides is 1. The fraction of sp³-hybridized carbons (Fsp3) is 0.500. The van der Waals surface area contributed by atoms with Crippen molar-refractivity contribution < 1.29 is 9.90 Å². The smallest absolute Gasteiger partial charge is 0.253 e. The van der Waals surface area contributed by atoms with Crippen molar-refractivity contribution in [3.05, 3.63) is 29.3 Å². The van der Waals surface area contributed by atoms with Crippen molar-refractivity contribution in [2.24, 2.45) is 5.92 Å². The van der Waals surface area contributed by atoms with Crippen LogP contribution in [0.4, 0.5) is 0 Å². The van der Waals surface area contributed by atoms with Gasteiger partial charge in [-0.15, -0.1) is 0 Å². The highest BCUT2D eigenvalue weighted by molar-refractivity contribution is 5.94. The fourth-order valence-corrected chi connectivity index (χ4v) is 2.28. The van der Waals surface area contributed by atoms with Crippen LogP contribution in [0.15, 0.2) is 18.2 Å². The Kier molecular flexibility index (Phi) is 3.36. The molecule has 92 valence electrons. The molecule has 0 aromatic heterocycles. The molecular formula is C14H19NO2. The first kappa shape index (κ1) is 12.0. The number of carbonyl (C=O) groups is 1. The lowest BCUT2D eigenvalue weighted by molar-refractivity contribution is 0.0786. The first-order chi connectivity index (χ1) is 8.11. The van der Waals surface area contributed by atoms with E-state index in [0.29, 0.717) is 11.5 Å². The van der Waals surface area contributed by atoms with Crippen molar-refractivity contribution in [2.45, 2.75) is 26.7 Å². The highest BCUT2D eigenvalue weighted by Crippen LogP contribution is 2.23. The minimum atomic E-state index is 0.0382. The van der Waals surface area contributed by atoms with Gasteiger partial charge in [0, 0.05) is 18.7 Å². The van der Waals surface area contributed by atoms with Crippen LogP contribution in [0.25, 0.3) is 0 Å². The van der Waals surface area contributed by atoms with Gasteiger partial charge in [0.15, 0.2) is 0 Å². The lowest BCUT2D eigenvalue weighted by atomic mass is 10.1. The molecule has 1 unspecified atom stereocenters. The van der Waals surface area contributed by atoms with Crippen LogP contribution in [0, 0.1) is 12.8 Å². The molecule has 0 saturated carbocycles. The van der Waals surface area contributed by atoms with Crippen LogP contribution in [0.1, 0.15) is 35.7 Å².